The number of benzene rings is 1. The minimum absolute atomic E-state index is 0.105. The number of thiocarbonyl (C=S) groups is 1. The minimum Gasteiger partial charge on any atom is -0.331 e. The lowest BCUT2D eigenvalue weighted by atomic mass is 10.1. The van der Waals surface area contributed by atoms with Crippen molar-refractivity contribution in [3.63, 3.8) is 0 Å². The predicted molar refractivity (Wildman–Crippen MR) is 117 cm³/mol. The van der Waals surface area contributed by atoms with Crippen LogP contribution in [0.15, 0.2) is 23.3 Å². The molecule has 2 N–H and O–H groups in total. The fraction of sp³-hybridized carbons (Fsp3) is 0.421. The molecule has 1 aliphatic heterocycles. The second-order valence-corrected chi connectivity index (χ2v) is 9.87. The summed E-state index contributed by atoms with van der Waals surface area (Å²) in [4.78, 5) is 0. The molecule has 2 heterocycles. The van der Waals surface area contributed by atoms with E-state index in [-0.39, 0.29) is 17.5 Å². The van der Waals surface area contributed by atoms with Crippen molar-refractivity contribution >= 4 is 39.1 Å². The highest BCUT2D eigenvalue weighted by molar-refractivity contribution is 7.91. The molecule has 9 heteroatoms. The van der Waals surface area contributed by atoms with Gasteiger partial charge in [0.05, 0.1) is 29.5 Å². The number of aryl methyl sites for hydroxylation is 3. The zero-order valence-electron chi connectivity index (χ0n) is 16.5. The topological polar surface area (TPSA) is 88.4 Å². The van der Waals surface area contributed by atoms with Gasteiger partial charge in [0.2, 0.25) is 0 Å². The van der Waals surface area contributed by atoms with E-state index in [1.165, 1.54) is 5.56 Å². The number of hydrogen-bond acceptors (Lipinski definition) is 5. The lowest BCUT2D eigenvalue weighted by molar-refractivity contribution is 0.486. The van der Waals surface area contributed by atoms with Gasteiger partial charge in [-0.2, -0.15) is 10.2 Å². The van der Waals surface area contributed by atoms with Crippen LogP contribution in [0.3, 0.4) is 0 Å². The lowest BCUT2D eigenvalue weighted by Crippen LogP contribution is -2.24. The van der Waals surface area contributed by atoms with E-state index in [0.29, 0.717) is 11.5 Å². The molecule has 2 aromatic rings. The van der Waals surface area contributed by atoms with Gasteiger partial charge < -0.3 is 5.32 Å². The maximum atomic E-state index is 11.8. The first-order valence-corrected chi connectivity index (χ1v) is 11.3. The van der Waals surface area contributed by atoms with Gasteiger partial charge in [0.15, 0.2) is 14.9 Å². The summed E-state index contributed by atoms with van der Waals surface area (Å²) in [5.41, 5.74) is 8.63. The van der Waals surface area contributed by atoms with Gasteiger partial charge in [0, 0.05) is 16.9 Å². The van der Waals surface area contributed by atoms with E-state index in [9.17, 15) is 8.42 Å². The van der Waals surface area contributed by atoms with Crippen LogP contribution in [0.1, 0.15) is 40.5 Å². The van der Waals surface area contributed by atoms with Crippen LogP contribution in [0, 0.1) is 27.7 Å². The molecule has 1 saturated heterocycles. The highest BCUT2D eigenvalue weighted by Gasteiger charge is 2.31. The third kappa shape index (κ3) is 4.59. The van der Waals surface area contributed by atoms with Crippen molar-refractivity contribution in [1.82, 2.24) is 15.2 Å². The normalized spacial score (nSPS) is 18.5. The predicted octanol–water partition coefficient (Wildman–Crippen LogP) is 2.80. The average Bonchev–Trinajstić information content (AvgIpc) is 3.10. The summed E-state index contributed by atoms with van der Waals surface area (Å²) >= 11 is 5.30. The molecule has 3 rings (SSSR count). The number of hydrogen-bond donors (Lipinski definition) is 2. The quantitative estimate of drug-likeness (QED) is 0.450. The van der Waals surface area contributed by atoms with Crippen LogP contribution in [0.4, 0.5) is 5.69 Å². The molecule has 0 amide bonds. The fourth-order valence-electron chi connectivity index (χ4n) is 3.45. The van der Waals surface area contributed by atoms with Gasteiger partial charge >= 0.3 is 0 Å². The van der Waals surface area contributed by atoms with Crippen LogP contribution >= 0.6 is 12.2 Å². The second kappa shape index (κ2) is 8.00. The molecule has 1 fully saturated rings. The molecule has 0 aliphatic carbocycles. The lowest BCUT2D eigenvalue weighted by Gasteiger charge is -2.11. The monoisotopic (exact) mass is 419 g/mol. The number of nitrogens with zero attached hydrogens (tertiary/aromatic N) is 3. The van der Waals surface area contributed by atoms with Crippen molar-refractivity contribution in [2.75, 3.05) is 16.8 Å². The van der Waals surface area contributed by atoms with Crippen molar-refractivity contribution in [2.45, 2.75) is 40.2 Å². The highest BCUT2D eigenvalue weighted by atomic mass is 32.2. The van der Waals surface area contributed by atoms with Crippen molar-refractivity contribution in [2.24, 2.45) is 5.10 Å². The molecule has 0 unspecified atom stereocenters. The van der Waals surface area contributed by atoms with Crippen LogP contribution in [-0.4, -0.2) is 41.0 Å². The van der Waals surface area contributed by atoms with Gasteiger partial charge in [0.25, 0.3) is 0 Å². The molecule has 1 aliphatic rings. The van der Waals surface area contributed by atoms with E-state index >= 15 is 0 Å². The number of anilines is 1. The van der Waals surface area contributed by atoms with E-state index in [0.717, 1.165) is 28.2 Å². The SMILES string of the molecule is Cc1ccc(NC(=S)N/N=C\c2c(C)nn([C@H]3CCS(=O)(=O)C3)c2C)c(C)c1. The Bertz CT molecular complexity index is 1040. The molecule has 0 saturated carbocycles. The fourth-order valence-corrected chi connectivity index (χ4v) is 5.30. The van der Waals surface area contributed by atoms with Crippen molar-refractivity contribution in [1.29, 1.82) is 0 Å². The third-order valence-corrected chi connectivity index (χ3v) is 6.87. The van der Waals surface area contributed by atoms with Crippen LogP contribution in [0.25, 0.3) is 0 Å². The zero-order valence-corrected chi connectivity index (χ0v) is 18.1. The van der Waals surface area contributed by atoms with E-state index in [1.54, 1.807) is 6.21 Å². The Morgan fingerprint density at radius 3 is 2.71 bits per heavy atom. The first-order valence-electron chi connectivity index (χ1n) is 9.10. The molecule has 0 radical (unpaired) electrons. The Morgan fingerprint density at radius 1 is 1.32 bits per heavy atom. The Balaban J connectivity index is 1.66. The molecule has 1 atom stereocenters. The van der Waals surface area contributed by atoms with E-state index in [1.807, 2.05) is 44.5 Å². The molecule has 1 aromatic carbocycles. The number of rotatable bonds is 4. The van der Waals surface area contributed by atoms with Crippen LogP contribution in [0.5, 0.6) is 0 Å². The largest absolute Gasteiger partial charge is 0.331 e. The first kappa shape index (κ1) is 20.5. The molecule has 150 valence electrons. The molecule has 1 aromatic heterocycles. The van der Waals surface area contributed by atoms with Gasteiger partial charge in [-0.3, -0.25) is 10.1 Å². The summed E-state index contributed by atoms with van der Waals surface area (Å²) in [6, 6.07) is 5.98. The smallest absolute Gasteiger partial charge is 0.191 e. The maximum absolute atomic E-state index is 11.8. The van der Waals surface area contributed by atoms with Crippen molar-refractivity contribution in [3.05, 3.63) is 46.3 Å². The van der Waals surface area contributed by atoms with Gasteiger partial charge in [-0.15, -0.1) is 0 Å². The van der Waals surface area contributed by atoms with Gasteiger partial charge in [0.1, 0.15) is 0 Å². The van der Waals surface area contributed by atoms with E-state index < -0.39 is 9.84 Å². The van der Waals surface area contributed by atoms with Gasteiger partial charge in [-0.05, 0) is 58.0 Å². The number of nitrogens with one attached hydrogen (secondary N) is 2. The molecule has 0 bridgehead atoms. The Morgan fingerprint density at radius 2 is 2.07 bits per heavy atom. The van der Waals surface area contributed by atoms with Crippen molar-refractivity contribution in [3.8, 4) is 0 Å². The van der Waals surface area contributed by atoms with E-state index in [2.05, 4.69) is 27.0 Å². The summed E-state index contributed by atoms with van der Waals surface area (Å²) in [5.74, 6) is 0.368. The maximum Gasteiger partial charge on any atom is 0.191 e. The Labute approximate surface area is 171 Å². The highest BCUT2D eigenvalue weighted by Crippen LogP contribution is 2.26. The molecule has 28 heavy (non-hydrogen) atoms. The third-order valence-electron chi connectivity index (χ3n) is 4.93. The molecule has 0 spiro atoms. The first-order chi connectivity index (χ1) is 13.2. The summed E-state index contributed by atoms with van der Waals surface area (Å²) in [5, 5.41) is 12.3. The average molecular weight is 420 g/mol. The van der Waals surface area contributed by atoms with Crippen LogP contribution in [-0.2, 0) is 9.84 Å². The second-order valence-electron chi connectivity index (χ2n) is 7.23. The van der Waals surface area contributed by atoms with Crippen LogP contribution < -0.4 is 10.7 Å². The Kier molecular flexibility index (Phi) is 5.85. The molecule has 7 nitrogen and oxygen atoms in total. The number of aromatic nitrogens is 2. The van der Waals surface area contributed by atoms with Crippen molar-refractivity contribution < 1.29 is 8.42 Å². The summed E-state index contributed by atoms with van der Waals surface area (Å²) in [6.07, 6.45) is 2.27. The molecular formula is C19H25N5O2S2. The van der Waals surface area contributed by atoms with E-state index in [4.69, 9.17) is 12.2 Å². The molecular weight excluding hydrogens is 394 g/mol. The summed E-state index contributed by atoms with van der Waals surface area (Å²) in [6.45, 7) is 7.88. The van der Waals surface area contributed by atoms with Crippen LogP contribution in [0.2, 0.25) is 0 Å². The van der Waals surface area contributed by atoms with Gasteiger partial charge in [-0.25, -0.2) is 8.42 Å². The number of hydrazone groups is 1. The Hall–Kier alpha value is -2.26. The zero-order chi connectivity index (χ0) is 20.5. The number of sulfone groups is 1. The standard InChI is InChI=1S/C19H25N5O2S2/c1-12-5-6-18(13(2)9-12)21-19(27)22-20-10-17-14(3)23-24(15(17)4)16-7-8-28(25,26)11-16/h5-6,9-10,16H,7-8,11H2,1-4H3,(H2,21,22,27)/b20-10-/t16-/m0/s1. The summed E-state index contributed by atoms with van der Waals surface area (Å²) < 4.78 is 25.3. The minimum atomic E-state index is -2.96. The summed E-state index contributed by atoms with van der Waals surface area (Å²) in [7, 11) is -2.96. The van der Waals surface area contributed by atoms with Gasteiger partial charge in [-0.1, -0.05) is 17.7 Å².